The highest BCUT2D eigenvalue weighted by Crippen LogP contribution is 2.31. The largest absolute Gasteiger partial charge is 0.479 e. The molecule has 0 aliphatic carbocycles. The first-order valence-electron chi connectivity index (χ1n) is 6.46. The zero-order valence-electron chi connectivity index (χ0n) is 11.2. The summed E-state index contributed by atoms with van der Waals surface area (Å²) in [5.41, 5.74) is 1.62. The Hall–Kier alpha value is -2.14. The van der Waals surface area contributed by atoms with Gasteiger partial charge in [-0.05, 0) is 37.3 Å². The number of hydrogen-bond acceptors (Lipinski definition) is 3. The monoisotopic (exact) mass is 345 g/mol. The van der Waals surface area contributed by atoms with Gasteiger partial charge in [0.1, 0.15) is 5.75 Å². The number of carbonyl (C=O) groups excluding carboxylic acids is 2. The van der Waals surface area contributed by atoms with Crippen LogP contribution in [-0.2, 0) is 4.79 Å². The van der Waals surface area contributed by atoms with E-state index < -0.39 is 6.10 Å². The lowest BCUT2D eigenvalue weighted by Gasteiger charge is -2.23. The highest BCUT2D eigenvalue weighted by molar-refractivity contribution is 9.10. The Balaban J connectivity index is 1.96. The van der Waals surface area contributed by atoms with Crippen LogP contribution in [-0.4, -0.2) is 17.8 Å². The molecule has 1 N–H and O–H groups in total. The Morgan fingerprint density at radius 2 is 1.95 bits per heavy atom. The molecule has 2 aromatic rings. The van der Waals surface area contributed by atoms with Crippen molar-refractivity contribution in [1.82, 2.24) is 0 Å². The summed E-state index contributed by atoms with van der Waals surface area (Å²) in [4.78, 5) is 24.1. The lowest BCUT2D eigenvalue weighted by atomic mass is 10.0. The zero-order valence-corrected chi connectivity index (χ0v) is 12.8. The Kier molecular flexibility index (Phi) is 3.51. The molecule has 5 heteroatoms. The number of ketones is 1. The van der Waals surface area contributed by atoms with Gasteiger partial charge in [-0.15, -0.1) is 0 Å². The molecular formula is C16H12BrNO3. The molecule has 1 atom stereocenters. The summed E-state index contributed by atoms with van der Waals surface area (Å²) in [6.45, 7) is 1.68. The summed E-state index contributed by atoms with van der Waals surface area (Å²) in [5.74, 6) is 0.259. The van der Waals surface area contributed by atoms with Crippen LogP contribution >= 0.6 is 15.9 Å². The number of fused-ring (bicyclic) bond motifs is 1. The summed E-state index contributed by atoms with van der Waals surface area (Å²) in [7, 11) is 0. The van der Waals surface area contributed by atoms with Gasteiger partial charge >= 0.3 is 0 Å². The lowest BCUT2D eigenvalue weighted by molar-refractivity contribution is -0.122. The van der Waals surface area contributed by atoms with Crippen molar-refractivity contribution in [3.8, 4) is 5.75 Å². The summed E-state index contributed by atoms with van der Waals surface area (Å²) in [6.07, 6.45) is -0.524. The van der Waals surface area contributed by atoms with Crippen LogP contribution in [0.1, 0.15) is 22.8 Å². The second kappa shape index (κ2) is 5.33. The standard InChI is InChI=1S/C16H12BrNO3/c1-9-16(20)18-13-8-11(5-6-14(13)21-9)15(19)10-3-2-4-12(17)7-10/h2-9H,1H3,(H,18,20). The second-order valence-corrected chi connectivity index (χ2v) is 5.72. The molecule has 1 amide bonds. The molecular weight excluding hydrogens is 334 g/mol. The van der Waals surface area contributed by atoms with E-state index in [4.69, 9.17) is 4.74 Å². The average molecular weight is 346 g/mol. The molecule has 4 nitrogen and oxygen atoms in total. The highest BCUT2D eigenvalue weighted by atomic mass is 79.9. The Morgan fingerprint density at radius 1 is 1.19 bits per heavy atom. The molecule has 1 unspecified atom stereocenters. The van der Waals surface area contributed by atoms with Crippen molar-refractivity contribution in [3.63, 3.8) is 0 Å². The first kappa shape index (κ1) is 13.8. The minimum atomic E-state index is -0.524. The SMILES string of the molecule is CC1Oc2ccc(C(=O)c3cccc(Br)c3)cc2NC1=O. The molecule has 0 fully saturated rings. The van der Waals surface area contributed by atoms with Gasteiger partial charge in [-0.1, -0.05) is 28.1 Å². The van der Waals surface area contributed by atoms with Crippen LogP contribution in [0.5, 0.6) is 5.75 Å². The second-order valence-electron chi connectivity index (χ2n) is 4.80. The van der Waals surface area contributed by atoms with Gasteiger partial charge in [0.2, 0.25) is 0 Å². The first-order valence-corrected chi connectivity index (χ1v) is 7.26. The Morgan fingerprint density at radius 3 is 2.71 bits per heavy atom. The molecule has 1 aliphatic heterocycles. The van der Waals surface area contributed by atoms with E-state index in [2.05, 4.69) is 21.2 Å². The number of amides is 1. The van der Waals surface area contributed by atoms with Crippen LogP contribution in [0.15, 0.2) is 46.9 Å². The molecule has 0 radical (unpaired) electrons. The summed E-state index contributed by atoms with van der Waals surface area (Å²) >= 11 is 3.35. The van der Waals surface area contributed by atoms with Crippen LogP contribution in [0, 0.1) is 0 Å². The number of ether oxygens (including phenoxy) is 1. The number of benzene rings is 2. The van der Waals surface area contributed by atoms with E-state index in [0.29, 0.717) is 22.6 Å². The van der Waals surface area contributed by atoms with Crippen molar-refractivity contribution in [2.24, 2.45) is 0 Å². The van der Waals surface area contributed by atoms with Crippen LogP contribution < -0.4 is 10.1 Å². The third kappa shape index (κ3) is 2.69. The number of rotatable bonds is 2. The van der Waals surface area contributed by atoms with E-state index in [-0.39, 0.29) is 11.7 Å². The van der Waals surface area contributed by atoms with Gasteiger partial charge < -0.3 is 10.1 Å². The molecule has 0 spiro atoms. The molecule has 21 heavy (non-hydrogen) atoms. The number of carbonyl (C=O) groups is 2. The Labute approximate surface area is 130 Å². The molecule has 1 heterocycles. The van der Waals surface area contributed by atoms with Crippen LogP contribution in [0.2, 0.25) is 0 Å². The van der Waals surface area contributed by atoms with Gasteiger partial charge in [0.25, 0.3) is 5.91 Å². The third-order valence-electron chi connectivity index (χ3n) is 3.26. The molecule has 0 aromatic heterocycles. The van der Waals surface area contributed by atoms with Gasteiger partial charge in [-0.25, -0.2) is 0 Å². The lowest BCUT2D eigenvalue weighted by Crippen LogP contribution is -2.34. The minimum Gasteiger partial charge on any atom is -0.479 e. The fourth-order valence-electron chi connectivity index (χ4n) is 2.15. The summed E-state index contributed by atoms with van der Waals surface area (Å²) in [6, 6.07) is 12.2. The molecule has 0 bridgehead atoms. The quantitative estimate of drug-likeness (QED) is 0.848. The zero-order chi connectivity index (χ0) is 15.0. The predicted molar refractivity (Wildman–Crippen MR) is 82.7 cm³/mol. The van der Waals surface area contributed by atoms with Gasteiger partial charge in [0, 0.05) is 15.6 Å². The number of hydrogen-bond donors (Lipinski definition) is 1. The predicted octanol–water partition coefficient (Wildman–Crippen LogP) is 3.40. The maximum atomic E-state index is 12.5. The van der Waals surface area contributed by atoms with E-state index in [0.717, 1.165) is 4.47 Å². The molecule has 2 aromatic carbocycles. The first-order chi connectivity index (χ1) is 10.0. The molecule has 0 saturated carbocycles. The Bertz CT molecular complexity index is 742. The van der Waals surface area contributed by atoms with Crippen LogP contribution in [0.4, 0.5) is 5.69 Å². The van der Waals surface area contributed by atoms with Gasteiger partial charge in [-0.2, -0.15) is 0 Å². The van der Waals surface area contributed by atoms with Crippen molar-refractivity contribution < 1.29 is 14.3 Å². The molecule has 106 valence electrons. The number of halogens is 1. The maximum absolute atomic E-state index is 12.5. The summed E-state index contributed by atoms with van der Waals surface area (Å²) in [5, 5.41) is 2.74. The van der Waals surface area contributed by atoms with Crippen molar-refractivity contribution in [2.45, 2.75) is 13.0 Å². The van der Waals surface area contributed by atoms with Crippen LogP contribution in [0.25, 0.3) is 0 Å². The van der Waals surface area contributed by atoms with Gasteiger partial charge in [0.15, 0.2) is 11.9 Å². The number of nitrogens with one attached hydrogen (secondary N) is 1. The average Bonchev–Trinajstić information content (AvgIpc) is 2.47. The molecule has 3 rings (SSSR count). The van der Waals surface area contributed by atoms with E-state index in [1.165, 1.54) is 0 Å². The molecule has 0 saturated heterocycles. The van der Waals surface area contributed by atoms with E-state index >= 15 is 0 Å². The van der Waals surface area contributed by atoms with E-state index in [1.807, 2.05) is 12.1 Å². The van der Waals surface area contributed by atoms with Crippen molar-refractivity contribution >= 4 is 33.3 Å². The highest BCUT2D eigenvalue weighted by Gasteiger charge is 2.24. The third-order valence-corrected chi connectivity index (χ3v) is 3.75. The molecule has 1 aliphatic rings. The number of anilines is 1. The fourth-order valence-corrected chi connectivity index (χ4v) is 2.55. The minimum absolute atomic E-state index is 0.105. The van der Waals surface area contributed by atoms with Crippen molar-refractivity contribution in [1.29, 1.82) is 0 Å². The van der Waals surface area contributed by atoms with Crippen molar-refractivity contribution in [3.05, 3.63) is 58.1 Å². The maximum Gasteiger partial charge on any atom is 0.265 e. The summed E-state index contributed by atoms with van der Waals surface area (Å²) < 4.78 is 6.32. The smallest absolute Gasteiger partial charge is 0.265 e. The van der Waals surface area contributed by atoms with Crippen LogP contribution in [0.3, 0.4) is 0 Å². The van der Waals surface area contributed by atoms with Gasteiger partial charge in [-0.3, -0.25) is 9.59 Å². The van der Waals surface area contributed by atoms with E-state index in [1.54, 1.807) is 37.3 Å². The van der Waals surface area contributed by atoms with Crippen molar-refractivity contribution in [2.75, 3.05) is 5.32 Å². The topological polar surface area (TPSA) is 55.4 Å². The fraction of sp³-hybridized carbons (Fsp3) is 0.125. The van der Waals surface area contributed by atoms with E-state index in [9.17, 15) is 9.59 Å². The normalized spacial score (nSPS) is 16.7. The van der Waals surface area contributed by atoms with Gasteiger partial charge in [0.05, 0.1) is 5.69 Å².